The number of urea groups is 1. The molecule has 0 spiro atoms. The van der Waals surface area contributed by atoms with E-state index in [1.54, 1.807) is 25.1 Å². The molecule has 0 radical (unpaired) electrons. The van der Waals surface area contributed by atoms with Crippen LogP contribution in [-0.2, 0) is 0 Å². The largest absolute Gasteiger partial charge is 0.478 e. The number of aromatic carboxylic acids is 1. The molecule has 5 heteroatoms. The number of carboxylic acids is 1. The van der Waals surface area contributed by atoms with Gasteiger partial charge in [0.05, 0.1) is 11.3 Å². The lowest BCUT2D eigenvalue weighted by molar-refractivity contribution is 0.0697. The lowest BCUT2D eigenvalue weighted by Gasteiger charge is -2.14. The Kier molecular flexibility index (Phi) is 4.83. The first-order chi connectivity index (χ1) is 9.97. The van der Waals surface area contributed by atoms with E-state index in [0.29, 0.717) is 23.7 Å². The van der Waals surface area contributed by atoms with Gasteiger partial charge in [-0.3, -0.25) is 0 Å². The van der Waals surface area contributed by atoms with Gasteiger partial charge in [-0.2, -0.15) is 0 Å². The van der Waals surface area contributed by atoms with Crippen LogP contribution in [0.1, 0.15) is 42.1 Å². The molecule has 0 aromatic heterocycles. The van der Waals surface area contributed by atoms with Crippen molar-refractivity contribution in [3.63, 3.8) is 0 Å². The number of amides is 2. The van der Waals surface area contributed by atoms with Crippen molar-refractivity contribution >= 4 is 17.7 Å². The fraction of sp³-hybridized carbons (Fsp3) is 0.500. The quantitative estimate of drug-likeness (QED) is 0.796. The summed E-state index contributed by atoms with van der Waals surface area (Å²) in [6.07, 6.45) is 3.51. The van der Waals surface area contributed by atoms with E-state index in [-0.39, 0.29) is 11.6 Å². The van der Waals surface area contributed by atoms with Gasteiger partial charge in [-0.15, -0.1) is 0 Å². The Hall–Kier alpha value is -2.04. The molecule has 21 heavy (non-hydrogen) atoms. The number of hydrogen-bond donors (Lipinski definition) is 3. The summed E-state index contributed by atoms with van der Waals surface area (Å²) in [4.78, 5) is 23.2. The van der Waals surface area contributed by atoms with Crippen LogP contribution in [0.25, 0.3) is 0 Å². The highest BCUT2D eigenvalue weighted by atomic mass is 16.4. The van der Waals surface area contributed by atoms with Gasteiger partial charge in [0.1, 0.15) is 0 Å². The van der Waals surface area contributed by atoms with Gasteiger partial charge in [0.25, 0.3) is 0 Å². The number of rotatable bonds is 4. The fourth-order valence-electron chi connectivity index (χ4n) is 2.97. The second-order valence-corrected chi connectivity index (χ2v) is 5.92. The first-order valence-corrected chi connectivity index (χ1v) is 7.35. The average Bonchev–Trinajstić information content (AvgIpc) is 2.82. The number of anilines is 1. The Morgan fingerprint density at radius 1 is 1.33 bits per heavy atom. The summed E-state index contributed by atoms with van der Waals surface area (Å²) in [5.41, 5.74) is 1.10. The molecule has 2 rings (SSSR count). The lowest BCUT2D eigenvalue weighted by Crippen LogP contribution is -2.33. The Morgan fingerprint density at radius 3 is 2.71 bits per heavy atom. The van der Waals surface area contributed by atoms with E-state index < -0.39 is 5.97 Å². The molecule has 0 bridgehead atoms. The van der Waals surface area contributed by atoms with Gasteiger partial charge in [0.2, 0.25) is 0 Å². The molecule has 2 atom stereocenters. The highest BCUT2D eigenvalue weighted by molar-refractivity contribution is 6.01. The van der Waals surface area contributed by atoms with Crippen molar-refractivity contribution in [1.29, 1.82) is 0 Å². The molecule has 1 aliphatic rings. The zero-order valence-corrected chi connectivity index (χ0v) is 12.5. The number of carbonyl (C=O) groups is 2. The van der Waals surface area contributed by atoms with E-state index in [2.05, 4.69) is 17.6 Å². The van der Waals surface area contributed by atoms with Gasteiger partial charge in [-0.1, -0.05) is 25.5 Å². The van der Waals surface area contributed by atoms with Crippen LogP contribution in [0, 0.1) is 18.8 Å². The minimum Gasteiger partial charge on any atom is -0.478 e. The minimum atomic E-state index is -1.03. The smallest absolute Gasteiger partial charge is 0.338 e. The Balaban J connectivity index is 1.94. The van der Waals surface area contributed by atoms with Gasteiger partial charge in [-0.25, -0.2) is 9.59 Å². The standard InChI is InChI=1S/C16H22N2O3/c1-10-6-7-12(8-10)9-17-16(21)18-13-5-3-4-11(2)14(13)15(19)20/h3-5,10,12H,6-9H2,1-2H3,(H,19,20)(H2,17,18,21). The van der Waals surface area contributed by atoms with Crippen LogP contribution in [0.2, 0.25) is 0 Å². The van der Waals surface area contributed by atoms with Crippen LogP contribution in [0.5, 0.6) is 0 Å². The topological polar surface area (TPSA) is 78.4 Å². The molecule has 114 valence electrons. The number of aryl methyl sites for hydroxylation is 1. The van der Waals surface area contributed by atoms with E-state index in [1.165, 1.54) is 6.42 Å². The molecule has 1 aromatic carbocycles. The summed E-state index contributed by atoms with van der Waals surface area (Å²) in [6.45, 7) is 4.59. The predicted molar refractivity (Wildman–Crippen MR) is 81.7 cm³/mol. The van der Waals surface area contributed by atoms with Crippen LogP contribution >= 0.6 is 0 Å². The van der Waals surface area contributed by atoms with Gasteiger partial charge in [-0.05, 0) is 43.2 Å². The van der Waals surface area contributed by atoms with Crippen LogP contribution in [0.15, 0.2) is 18.2 Å². The predicted octanol–water partition coefficient (Wildman–Crippen LogP) is 3.25. The van der Waals surface area contributed by atoms with E-state index in [4.69, 9.17) is 0 Å². The minimum absolute atomic E-state index is 0.141. The fourth-order valence-corrected chi connectivity index (χ4v) is 2.97. The molecule has 0 saturated heterocycles. The van der Waals surface area contributed by atoms with Crippen LogP contribution < -0.4 is 10.6 Å². The van der Waals surface area contributed by atoms with E-state index in [0.717, 1.165) is 18.8 Å². The third-order valence-electron chi connectivity index (χ3n) is 4.09. The molecule has 3 N–H and O–H groups in total. The summed E-state index contributed by atoms with van der Waals surface area (Å²) < 4.78 is 0. The van der Waals surface area contributed by atoms with Crippen molar-refractivity contribution in [3.8, 4) is 0 Å². The van der Waals surface area contributed by atoms with Crippen molar-refractivity contribution in [3.05, 3.63) is 29.3 Å². The summed E-state index contributed by atoms with van der Waals surface area (Å²) in [5.74, 6) is 0.227. The van der Waals surface area contributed by atoms with Crippen molar-refractivity contribution in [2.75, 3.05) is 11.9 Å². The Morgan fingerprint density at radius 2 is 2.10 bits per heavy atom. The molecule has 5 nitrogen and oxygen atoms in total. The Labute approximate surface area is 124 Å². The van der Waals surface area contributed by atoms with Crippen molar-refractivity contribution in [1.82, 2.24) is 5.32 Å². The maximum absolute atomic E-state index is 11.9. The summed E-state index contributed by atoms with van der Waals surface area (Å²) >= 11 is 0. The van der Waals surface area contributed by atoms with E-state index >= 15 is 0 Å². The maximum atomic E-state index is 11.9. The lowest BCUT2D eigenvalue weighted by atomic mass is 10.1. The molecule has 1 aliphatic carbocycles. The highest BCUT2D eigenvalue weighted by Gasteiger charge is 2.22. The third kappa shape index (κ3) is 3.97. The van der Waals surface area contributed by atoms with Crippen LogP contribution in [0.3, 0.4) is 0 Å². The van der Waals surface area contributed by atoms with E-state index in [9.17, 15) is 14.7 Å². The number of carboxylic acid groups (broad SMARTS) is 1. The number of benzene rings is 1. The monoisotopic (exact) mass is 290 g/mol. The average molecular weight is 290 g/mol. The van der Waals surface area contributed by atoms with Gasteiger partial charge < -0.3 is 15.7 Å². The van der Waals surface area contributed by atoms with Crippen LogP contribution in [0.4, 0.5) is 10.5 Å². The first-order valence-electron chi connectivity index (χ1n) is 7.35. The van der Waals surface area contributed by atoms with Gasteiger partial charge in [0, 0.05) is 6.54 Å². The SMILES string of the molecule is Cc1cccc(NC(=O)NCC2CCC(C)C2)c1C(=O)O. The molecule has 2 amide bonds. The number of nitrogens with one attached hydrogen (secondary N) is 2. The Bertz CT molecular complexity index is 542. The highest BCUT2D eigenvalue weighted by Crippen LogP contribution is 2.29. The molecular weight excluding hydrogens is 268 g/mol. The van der Waals surface area contributed by atoms with Crippen molar-refractivity contribution in [2.45, 2.75) is 33.1 Å². The number of carbonyl (C=O) groups excluding carboxylic acids is 1. The molecule has 1 fully saturated rings. The normalized spacial score (nSPS) is 21.0. The molecule has 2 unspecified atom stereocenters. The molecule has 0 aliphatic heterocycles. The van der Waals surface area contributed by atoms with Crippen LogP contribution in [-0.4, -0.2) is 23.7 Å². The maximum Gasteiger partial charge on any atom is 0.338 e. The first kappa shape index (κ1) is 15.4. The molecule has 0 heterocycles. The molecular formula is C16H22N2O3. The number of hydrogen-bond acceptors (Lipinski definition) is 2. The zero-order valence-electron chi connectivity index (χ0n) is 12.5. The summed E-state index contributed by atoms with van der Waals surface area (Å²) in [6, 6.07) is 4.71. The van der Waals surface area contributed by atoms with E-state index in [1.807, 2.05) is 0 Å². The summed E-state index contributed by atoms with van der Waals surface area (Å²) in [5, 5.41) is 14.7. The van der Waals surface area contributed by atoms with Gasteiger partial charge in [0.15, 0.2) is 0 Å². The second-order valence-electron chi connectivity index (χ2n) is 5.92. The van der Waals surface area contributed by atoms with Gasteiger partial charge >= 0.3 is 12.0 Å². The molecule has 1 saturated carbocycles. The summed E-state index contributed by atoms with van der Waals surface area (Å²) in [7, 11) is 0. The molecule has 1 aromatic rings. The van der Waals surface area contributed by atoms with Crippen molar-refractivity contribution in [2.24, 2.45) is 11.8 Å². The zero-order chi connectivity index (χ0) is 15.4. The third-order valence-corrected chi connectivity index (χ3v) is 4.09. The second kappa shape index (κ2) is 6.61. The van der Waals surface area contributed by atoms with Crippen molar-refractivity contribution < 1.29 is 14.7 Å².